The third-order valence-corrected chi connectivity index (χ3v) is 4.71. The van der Waals surface area contributed by atoms with Crippen LogP contribution in [0.25, 0.3) is 0 Å². The van der Waals surface area contributed by atoms with Gasteiger partial charge in [0.05, 0.1) is 23.7 Å². The highest BCUT2D eigenvalue weighted by atomic mass is 35.5. The van der Waals surface area contributed by atoms with E-state index in [2.05, 4.69) is 21.0 Å². The molecule has 1 aromatic heterocycles. The van der Waals surface area contributed by atoms with Crippen LogP contribution in [0.15, 0.2) is 30.3 Å². The molecule has 2 aromatic carbocycles. The zero-order valence-corrected chi connectivity index (χ0v) is 16.4. The highest BCUT2D eigenvalue weighted by Crippen LogP contribution is 2.34. The zero-order chi connectivity index (χ0) is 19.4. The first kappa shape index (κ1) is 19.3. The summed E-state index contributed by atoms with van der Waals surface area (Å²) in [5.74, 6) is 1.17. The molecule has 0 spiro atoms. The Hall–Kier alpha value is -2.42. The van der Waals surface area contributed by atoms with Crippen molar-refractivity contribution in [1.82, 2.24) is 20.3 Å². The summed E-state index contributed by atoms with van der Waals surface area (Å²) in [5, 5.41) is 12.2. The van der Waals surface area contributed by atoms with E-state index in [0.717, 1.165) is 11.1 Å². The smallest absolute Gasteiger partial charge is 0.260 e. The first-order valence-electron chi connectivity index (χ1n) is 7.69. The molecule has 0 saturated carbocycles. The second kappa shape index (κ2) is 8.51. The third kappa shape index (κ3) is 4.65. The van der Waals surface area contributed by atoms with Crippen molar-refractivity contribution in [3.63, 3.8) is 0 Å². The van der Waals surface area contributed by atoms with Crippen LogP contribution in [-0.2, 0) is 13.2 Å². The van der Waals surface area contributed by atoms with E-state index in [1.54, 1.807) is 31.4 Å². The molecule has 3 rings (SSSR count). The van der Waals surface area contributed by atoms with Crippen LogP contribution >= 0.6 is 34.8 Å². The van der Waals surface area contributed by atoms with E-state index in [4.69, 9.17) is 50.0 Å². The molecular formula is C16H15Cl3N6O2. The topological polar surface area (TPSA) is 100 Å². The first-order valence-corrected chi connectivity index (χ1v) is 8.82. The summed E-state index contributed by atoms with van der Waals surface area (Å²) in [6.07, 6.45) is 0. The summed E-state index contributed by atoms with van der Waals surface area (Å²) in [7, 11) is 1.55. The summed E-state index contributed by atoms with van der Waals surface area (Å²) < 4.78 is 11.2. The monoisotopic (exact) mass is 428 g/mol. The Labute approximate surface area is 170 Å². The number of nitrogens with zero attached hydrogens (tertiary/aromatic N) is 4. The van der Waals surface area contributed by atoms with Crippen LogP contribution < -0.4 is 20.6 Å². The number of rotatable bonds is 7. The van der Waals surface area contributed by atoms with Gasteiger partial charge < -0.3 is 20.6 Å². The molecule has 0 fully saturated rings. The number of nitrogens with two attached hydrogens (primary N) is 1. The predicted octanol–water partition coefficient (Wildman–Crippen LogP) is 3.55. The van der Waals surface area contributed by atoms with Gasteiger partial charge in [-0.05, 0) is 39.8 Å². The molecule has 3 aromatic rings. The molecule has 0 aliphatic carbocycles. The van der Waals surface area contributed by atoms with E-state index in [-0.39, 0.29) is 12.6 Å². The summed E-state index contributed by atoms with van der Waals surface area (Å²) in [6.45, 7) is 0.611. The maximum atomic E-state index is 6.36. The number of methoxy groups -OCH3 is 1. The lowest BCUT2D eigenvalue weighted by Crippen LogP contribution is -2.18. The molecule has 11 heteroatoms. The van der Waals surface area contributed by atoms with Gasteiger partial charge in [0.2, 0.25) is 0 Å². The fourth-order valence-electron chi connectivity index (χ4n) is 2.24. The summed E-state index contributed by atoms with van der Waals surface area (Å²) in [4.78, 5) is 1.25. The Balaban J connectivity index is 1.73. The Morgan fingerprint density at radius 1 is 1.07 bits per heavy atom. The lowest BCUT2D eigenvalue weighted by Gasteiger charge is -2.15. The van der Waals surface area contributed by atoms with Gasteiger partial charge in [-0.25, -0.2) is 0 Å². The van der Waals surface area contributed by atoms with Crippen molar-refractivity contribution in [2.24, 2.45) is 0 Å². The minimum absolute atomic E-state index is 0.139. The first-order chi connectivity index (χ1) is 13.0. The van der Waals surface area contributed by atoms with E-state index in [0.29, 0.717) is 33.1 Å². The molecule has 3 N–H and O–H groups in total. The number of hydrogen-bond acceptors (Lipinski definition) is 7. The van der Waals surface area contributed by atoms with Crippen molar-refractivity contribution in [2.75, 3.05) is 18.3 Å². The number of benzene rings is 2. The average Bonchev–Trinajstić information content (AvgIpc) is 3.06. The highest BCUT2D eigenvalue weighted by molar-refractivity contribution is 6.42. The fourth-order valence-corrected chi connectivity index (χ4v) is 2.78. The summed E-state index contributed by atoms with van der Waals surface area (Å²) in [5.41, 5.74) is 10.2. The van der Waals surface area contributed by atoms with Crippen molar-refractivity contribution in [3.8, 4) is 11.5 Å². The summed E-state index contributed by atoms with van der Waals surface area (Å²) in [6, 6.07) is 8.73. The van der Waals surface area contributed by atoms with E-state index in [9.17, 15) is 0 Å². The van der Waals surface area contributed by atoms with Gasteiger partial charge in [0.1, 0.15) is 6.61 Å². The molecule has 1 heterocycles. The van der Waals surface area contributed by atoms with Gasteiger partial charge >= 0.3 is 0 Å². The molecule has 0 amide bonds. The van der Waals surface area contributed by atoms with E-state index >= 15 is 0 Å². The standard InChI is InChI=1S/C16H15Cl3N6O2/c1-26-14-5-10(7-21-25-16(20)22-23-24-25)12(18)6-15(14)27-8-9-2-3-11(17)13(19)4-9/h2-6,21H,7-8H2,1H3,(H2,20,22,24). The minimum Gasteiger partial charge on any atom is -0.493 e. The van der Waals surface area contributed by atoms with Gasteiger partial charge in [-0.2, -0.15) is 0 Å². The van der Waals surface area contributed by atoms with E-state index in [1.165, 1.54) is 4.79 Å². The molecule has 0 bridgehead atoms. The van der Waals surface area contributed by atoms with Crippen LogP contribution in [0.5, 0.6) is 11.5 Å². The van der Waals surface area contributed by atoms with Crippen LogP contribution in [0.2, 0.25) is 15.1 Å². The van der Waals surface area contributed by atoms with Crippen LogP contribution in [0.1, 0.15) is 11.1 Å². The Kier molecular flexibility index (Phi) is 6.10. The van der Waals surface area contributed by atoms with Crippen molar-refractivity contribution in [2.45, 2.75) is 13.2 Å². The fraction of sp³-hybridized carbons (Fsp3) is 0.188. The van der Waals surface area contributed by atoms with Crippen LogP contribution in [0.4, 0.5) is 5.95 Å². The number of aromatic nitrogens is 4. The Morgan fingerprint density at radius 2 is 1.89 bits per heavy atom. The lowest BCUT2D eigenvalue weighted by atomic mass is 10.2. The number of hydrogen-bond donors (Lipinski definition) is 2. The highest BCUT2D eigenvalue weighted by Gasteiger charge is 2.12. The summed E-state index contributed by atoms with van der Waals surface area (Å²) >= 11 is 18.3. The van der Waals surface area contributed by atoms with Crippen molar-refractivity contribution in [1.29, 1.82) is 0 Å². The third-order valence-electron chi connectivity index (χ3n) is 3.62. The molecule has 142 valence electrons. The maximum absolute atomic E-state index is 6.36. The number of tetrazole rings is 1. The molecule has 8 nitrogen and oxygen atoms in total. The molecule has 0 aliphatic rings. The van der Waals surface area contributed by atoms with Gasteiger partial charge in [-0.15, -0.1) is 4.79 Å². The van der Waals surface area contributed by atoms with Crippen molar-refractivity contribution in [3.05, 3.63) is 56.5 Å². The molecular weight excluding hydrogens is 415 g/mol. The molecule has 0 saturated heterocycles. The molecule has 0 unspecified atom stereocenters. The normalized spacial score (nSPS) is 10.7. The number of anilines is 1. The predicted molar refractivity (Wildman–Crippen MR) is 104 cm³/mol. The van der Waals surface area contributed by atoms with Crippen LogP contribution in [0, 0.1) is 0 Å². The van der Waals surface area contributed by atoms with Gasteiger partial charge in [-0.3, -0.25) is 0 Å². The van der Waals surface area contributed by atoms with Crippen LogP contribution in [-0.4, -0.2) is 27.4 Å². The molecule has 0 atom stereocenters. The van der Waals surface area contributed by atoms with E-state index < -0.39 is 0 Å². The second-order valence-corrected chi connectivity index (χ2v) is 6.64. The maximum Gasteiger partial charge on any atom is 0.260 e. The lowest BCUT2D eigenvalue weighted by molar-refractivity contribution is 0.284. The van der Waals surface area contributed by atoms with Crippen molar-refractivity contribution < 1.29 is 9.47 Å². The number of nitrogens with one attached hydrogen (secondary N) is 1. The largest absolute Gasteiger partial charge is 0.493 e. The quantitative estimate of drug-likeness (QED) is 0.592. The van der Waals surface area contributed by atoms with Gasteiger partial charge in [0.25, 0.3) is 5.95 Å². The minimum atomic E-state index is 0.139. The Morgan fingerprint density at radius 3 is 2.56 bits per heavy atom. The number of nitrogen functional groups attached to an aromatic ring is 1. The van der Waals surface area contributed by atoms with Gasteiger partial charge in [0, 0.05) is 11.1 Å². The van der Waals surface area contributed by atoms with Gasteiger partial charge in [0.15, 0.2) is 11.5 Å². The zero-order valence-electron chi connectivity index (χ0n) is 14.1. The molecule has 27 heavy (non-hydrogen) atoms. The molecule has 0 aliphatic heterocycles. The number of halogens is 3. The van der Waals surface area contributed by atoms with Crippen LogP contribution in [0.3, 0.4) is 0 Å². The Bertz CT molecular complexity index is 950. The average molecular weight is 430 g/mol. The second-order valence-electron chi connectivity index (χ2n) is 5.42. The SMILES string of the molecule is COc1cc(CNn2nnnc2N)c(Cl)cc1OCc1ccc(Cl)c(Cl)c1. The number of ether oxygens (including phenoxy) is 2. The van der Waals surface area contributed by atoms with Gasteiger partial charge in [-0.1, -0.05) is 46.0 Å². The van der Waals surface area contributed by atoms with E-state index in [1.807, 2.05) is 6.07 Å². The molecule has 0 radical (unpaired) electrons. The van der Waals surface area contributed by atoms with Crippen molar-refractivity contribution >= 4 is 40.8 Å².